The molecular weight excluding hydrogens is 396 g/mol. The molecule has 0 spiro atoms. The van der Waals surface area contributed by atoms with Gasteiger partial charge in [0.2, 0.25) is 15.9 Å². The third-order valence-corrected chi connectivity index (χ3v) is 8.44. The molecular formula is C24H30N2O3S. The first-order valence-electron chi connectivity index (χ1n) is 11.0. The molecule has 5 nitrogen and oxygen atoms in total. The molecule has 2 aromatic rings. The molecule has 6 heteroatoms. The van der Waals surface area contributed by atoms with E-state index < -0.39 is 10.0 Å². The Hall–Kier alpha value is -2.18. The van der Waals surface area contributed by atoms with Crippen molar-refractivity contribution in [1.82, 2.24) is 4.31 Å². The average molecular weight is 427 g/mol. The van der Waals surface area contributed by atoms with Gasteiger partial charge < -0.3 is 5.32 Å². The van der Waals surface area contributed by atoms with Gasteiger partial charge in [-0.1, -0.05) is 55.7 Å². The van der Waals surface area contributed by atoms with E-state index in [0.29, 0.717) is 10.8 Å². The molecule has 160 valence electrons. The van der Waals surface area contributed by atoms with E-state index in [2.05, 4.69) is 5.32 Å². The molecule has 0 bridgehead atoms. The van der Waals surface area contributed by atoms with Gasteiger partial charge in [-0.3, -0.25) is 4.79 Å². The highest BCUT2D eigenvalue weighted by Crippen LogP contribution is 2.38. The molecule has 1 saturated carbocycles. The number of piperidine rings is 1. The molecule has 0 radical (unpaired) electrons. The van der Waals surface area contributed by atoms with Gasteiger partial charge in [0.1, 0.15) is 0 Å². The normalized spacial score (nSPS) is 23.7. The number of hydrogen-bond acceptors (Lipinski definition) is 3. The van der Waals surface area contributed by atoms with E-state index in [4.69, 9.17) is 0 Å². The topological polar surface area (TPSA) is 66.5 Å². The second-order valence-corrected chi connectivity index (χ2v) is 10.4. The molecule has 30 heavy (non-hydrogen) atoms. The number of amides is 1. The summed E-state index contributed by atoms with van der Waals surface area (Å²) in [7, 11) is -3.65. The number of sulfonamides is 1. The van der Waals surface area contributed by atoms with Crippen molar-refractivity contribution in [1.29, 1.82) is 0 Å². The molecule has 1 N–H and O–H groups in total. The van der Waals surface area contributed by atoms with Crippen molar-refractivity contribution in [2.24, 2.45) is 11.8 Å². The summed E-state index contributed by atoms with van der Waals surface area (Å²) in [5.74, 6) is -0.0598. The standard InChI is InChI=1S/C24H30N2O3S/c27-24(25-21-12-6-2-7-13-21)20-16-17-23(19-10-4-1-5-11-19)26(18-20)30(28,29)22-14-8-3-9-15-22/h2-3,6-9,12-15,19-20,23H,1,4-5,10-11,16-18H2,(H,25,27). The third-order valence-electron chi connectivity index (χ3n) is 6.54. The maximum Gasteiger partial charge on any atom is 0.243 e. The van der Waals surface area contributed by atoms with Crippen LogP contribution in [0, 0.1) is 11.8 Å². The van der Waals surface area contributed by atoms with Crippen LogP contribution in [0.15, 0.2) is 65.6 Å². The van der Waals surface area contributed by atoms with Crippen molar-refractivity contribution in [2.45, 2.75) is 55.9 Å². The summed E-state index contributed by atoms with van der Waals surface area (Å²) in [6.07, 6.45) is 7.18. The number of carbonyl (C=O) groups is 1. The van der Waals surface area contributed by atoms with Crippen molar-refractivity contribution >= 4 is 21.6 Å². The smallest absolute Gasteiger partial charge is 0.243 e. The molecule has 2 unspecified atom stereocenters. The van der Waals surface area contributed by atoms with Crippen LogP contribution in [0.4, 0.5) is 5.69 Å². The molecule has 1 saturated heterocycles. The number of hydrogen-bond donors (Lipinski definition) is 1. The zero-order chi connectivity index (χ0) is 21.0. The predicted octanol–water partition coefficient (Wildman–Crippen LogP) is 4.67. The Balaban J connectivity index is 1.58. The number of rotatable bonds is 5. The van der Waals surface area contributed by atoms with E-state index in [0.717, 1.165) is 44.2 Å². The van der Waals surface area contributed by atoms with Gasteiger partial charge in [-0.05, 0) is 55.9 Å². The lowest BCUT2D eigenvalue weighted by Gasteiger charge is -2.43. The van der Waals surface area contributed by atoms with E-state index >= 15 is 0 Å². The van der Waals surface area contributed by atoms with Crippen molar-refractivity contribution in [3.8, 4) is 0 Å². The zero-order valence-electron chi connectivity index (χ0n) is 17.2. The molecule has 2 aromatic carbocycles. The fourth-order valence-electron chi connectivity index (χ4n) is 4.93. The highest BCUT2D eigenvalue weighted by Gasteiger charge is 2.42. The fourth-order valence-corrected chi connectivity index (χ4v) is 6.72. The maximum atomic E-state index is 13.6. The van der Waals surface area contributed by atoms with Crippen LogP contribution in [0.5, 0.6) is 0 Å². The number of nitrogens with one attached hydrogen (secondary N) is 1. The number of anilines is 1. The van der Waals surface area contributed by atoms with Crippen LogP contribution < -0.4 is 5.32 Å². The van der Waals surface area contributed by atoms with Gasteiger partial charge in [-0.15, -0.1) is 0 Å². The van der Waals surface area contributed by atoms with Gasteiger partial charge in [-0.2, -0.15) is 4.31 Å². The summed E-state index contributed by atoms with van der Waals surface area (Å²) in [4.78, 5) is 13.2. The predicted molar refractivity (Wildman–Crippen MR) is 118 cm³/mol. The van der Waals surface area contributed by atoms with Crippen LogP contribution >= 0.6 is 0 Å². The second-order valence-electron chi connectivity index (χ2n) is 8.48. The van der Waals surface area contributed by atoms with Crippen molar-refractivity contribution < 1.29 is 13.2 Å². The van der Waals surface area contributed by atoms with E-state index in [-0.39, 0.29) is 24.4 Å². The molecule has 2 aliphatic rings. The van der Waals surface area contributed by atoms with E-state index in [1.807, 2.05) is 36.4 Å². The van der Waals surface area contributed by atoms with Crippen molar-refractivity contribution in [3.63, 3.8) is 0 Å². The lowest BCUT2D eigenvalue weighted by molar-refractivity contribution is -0.121. The molecule has 2 atom stereocenters. The number of benzene rings is 2. The summed E-state index contributed by atoms with van der Waals surface area (Å²) >= 11 is 0. The van der Waals surface area contributed by atoms with E-state index in [9.17, 15) is 13.2 Å². The van der Waals surface area contributed by atoms with Crippen LogP contribution in [0.25, 0.3) is 0 Å². The Morgan fingerprint density at radius 2 is 1.47 bits per heavy atom. The Morgan fingerprint density at radius 1 is 0.833 bits per heavy atom. The maximum absolute atomic E-state index is 13.6. The Morgan fingerprint density at radius 3 is 2.13 bits per heavy atom. The van der Waals surface area contributed by atoms with Gasteiger partial charge in [0.05, 0.1) is 10.8 Å². The van der Waals surface area contributed by atoms with E-state index in [1.54, 1.807) is 28.6 Å². The zero-order valence-corrected chi connectivity index (χ0v) is 18.1. The SMILES string of the molecule is O=C(Nc1ccccc1)C1CCC(C2CCCCC2)N(S(=O)(=O)c2ccccc2)C1. The van der Waals surface area contributed by atoms with Gasteiger partial charge in [0, 0.05) is 18.3 Å². The molecule has 0 aromatic heterocycles. The molecule has 2 fully saturated rings. The van der Waals surface area contributed by atoms with Gasteiger partial charge in [0.15, 0.2) is 0 Å². The number of carbonyl (C=O) groups excluding carboxylic acids is 1. The lowest BCUT2D eigenvalue weighted by Crippen LogP contribution is -2.52. The molecule has 1 aliphatic heterocycles. The Labute approximate surface area is 179 Å². The molecule has 4 rings (SSSR count). The highest BCUT2D eigenvalue weighted by molar-refractivity contribution is 7.89. The van der Waals surface area contributed by atoms with Crippen LogP contribution in [-0.4, -0.2) is 31.2 Å². The summed E-state index contributed by atoms with van der Waals surface area (Å²) in [6, 6.07) is 18.0. The average Bonchev–Trinajstić information content (AvgIpc) is 2.80. The second kappa shape index (κ2) is 9.31. The van der Waals surface area contributed by atoms with Crippen LogP contribution in [0.1, 0.15) is 44.9 Å². The lowest BCUT2D eigenvalue weighted by atomic mass is 9.79. The van der Waals surface area contributed by atoms with E-state index in [1.165, 1.54) is 6.42 Å². The first-order valence-corrected chi connectivity index (χ1v) is 12.4. The number of para-hydroxylation sites is 1. The van der Waals surface area contributed by atoms with Crippen LogP contribution in [-0.2, 0) is 14.8 Å². The summed E-state index contributed by atoms with van der Waals surface area (Å²) in [6.45, 7) is 0.247. The highest BCUT2D eigenvalue weighted by atomic mass is 32.2. The number of nitrogens with zero attached hydrogens (tertiary/aromatic N) is 1. The van der Waals surface area contributed by atoms with Gasteiger partial charge in [-0.25, -0.2) is 8.42 Å². The summed E-state index contributed by atoms with van der Waals surface area (Å²) in [5.41, 5.74) is 0.745. The monoisotopic (exact) mass is 426 g/mol. The molecule has 1 amide bonds. The molecule has 1 aliphatic carbocycles. The largest absolute Gasteiger partial charge is 0.326 e. The Bertz CT molecular complexity index is 941. The van der Waals surface area contributed by atoms with Gasteiger partial charge in [0.25, 0.3) is 0 Å². The fraction of sp³-hybridized carbons (Fsp3) is 0.458. The first kappa shape index (κ1) is 21.1. The minimum absolute atomic E-state index is 0.0173. The Kier molecular flexibility index (Phi) is 6.54. The van der Waals surface area contributed by atoms with Gasteiger partial charge >= 0.3 is 0 Å². The minimum atomic E-state index is -3.65. The quantitative estimate of drug-likeness (QED) is 0.755. The van der Waals surface area contributed by atoms with Crippen LogP contribution in [0.2, 0.25) is 0 Å². The summed E-state index contributed by atoms with van der Waals surface area (Å²) in [5, 5.41) is 2.96. The van der Waals surface area contributed by atoms with Crippen molar-refractivity contribution in [2.75, 3.05) is 11.9 Å². The third kappa shape index (κ3) is 4.60. The van der Waals surface area contributed by atoms with Crippen molar-refractivity contribution in [3.05, 3.63) is 60.7 Å². The first-order chi connectivity index (χ1) is 14.6. The van der Waals surface area contributed by atoms with Crippen LogP contribution in [0.3, 0.4) is 0 Å². The molecule has 1 heterocycles. The summed E-state index contributed by atoms with van der Waals surface area (Å²) < 4.78 is 28.8. The minimum Gasteiger partial charge on any atom is -0.326 e.